The largest absolute Gasteiger partial charge is 0.497 e. The first-order chi connectivity index (χ1) is 15.5. The zero-order chi connectivity index (χ0) is 24.2. The van der Waals surface area contributed by atoms with E-state index < -0.39 is 26.0 Å². The van der Waals surface area contributed by atoms with E-state index in [4.69, 9.17) is 13.9 Å². The summed E-state index contributed by atoms with van der Waals surface area (Å²) in [4.78, 5) is 12.6. The first kappa shape index (κ1) is 24.3. The topological polar surface area (TPSA) is 132 Å². The van der Waals surface area contributed by atoms with Gasteiger partial charge in [0.2, 0.25) is 5.09 Å². The number of hydrogen-bond donors (Lipinski definition) is 1. The molecule has 176 valence electrons. The molecule has 10 nitrogen and oxygen atoms in total. The number of sulfonamides is 2. The highest BCUT2D eigenvalue weighted by Gasteiger charge is 2.23. The number of carbonyl (C=O) groups excluding carboxylic acids is 1. The lowest BCUT2D eigenvalue weighted by molar-refractivity contribution is 0.0442. The van der Waals surface area contributed by atoms with E-state index in [1.807, 2.05) is 0 Å². The van der Waals surface area contributed by atoms with E-state index in [0.29, 0.717) is 5.75 Å². The number of rotatable bonds is 9. The number of anilines is 1. The molecule has 0 aliphatic carbocycles. The Morgan fingerprint density at radius 1 is 0.970 bits per heavy atom. The molecule has 0 saturated heterocycles. The Kier molecular flexibility index (Phi) is 7.10. The third-order valence-electron chi connectivity index (χ3n) is 4.48. The number of para-hydroxylation sites is 1. The Morgan fingerprint density at radius 2 is 1.64 bits per heavy atom. The summed E-state index contributed by atoms with van der Waals surface area (Å²) in [5, 5.41) is -0.286. The smallest absolute Gasteiger partial charge is 0.340 e. The molecule has 0 unspecified atom stereocenters. The van der Waals surface area contributed by atoms with Gasteiger partial charge in [-0.1, -0.05) is 12.1 Å². The molecule has 0 spiro atoms. The van der Waals surface area contributed by atoms with Crippen molar-refractivity contribution in [1.29, 1.82) is 0 Å². The van der Waals surface area contributed by atoms with Crippen LogP contribution in [0.3, 0.4) is 0 Å². The normalized spacial score (nSPS) is 11.9. The van der Waals surface area contributed by atoms with E-state index in [-0.39, 0.29) is 33.6 Å². The van der Waals surface area contributed by atoms with Gasteiger partial charge in [0, 0.05) is 14.1 Å². The van der Waals surface area contributed by atoms with Gasteiger partial charge in [-0.15, -0.1) is 0 Å². The van der Waals surface area contributed by atoms with Crippen molar-refractivity contribution in [3.05, 3.63) is 72.0 Å². The highest BCUT2D eigenvalue weighted by Crippen LogP contribution is 2.23. The van der Waals surface area contributed by atoms with Crippen molar-refractivity contribution in [1.82, 2.24) is 4.31 Å². The van der Waals surface area contributed by atoms with Crippen LogP contribution in [0.15, 0.2) is 75.1 Å². The van der Waals surface area contributed by atoms with Crippen molar-refractivity contribution in [3.63, 3.8) is 0 Å². The molecule has 3 rings (SSSR count). The summed E-state index contributed by atoms with van der Waals surface area (Å²) in [6.07, 6.45) is 0. The molecule has 0 bridgehead atoms. The van der Waals surface area contributed by atoms with Crippen LogP contribution < -0.4 is 9.46 Å². The van der Waals surface area contributed by atoms with E-state index in [2.05, 4.69) is 4.72 Å². The maximum absolute atomic E-state index is 12.7. The number of ether oxygens (including phenoxy) is 2. The molecule has 3 aromatic rings. The molecule has 1 heterocycles. The molecule has 12 heteroatoms. The molecule has 0 aliphatic rings. The van der Waals surface area contributed by atoms with E-state index in [9.17, 15) is 21.6 Å². The number of esters is 1. The number of methoxy groups -OCH3 is 1. The van der Waals surface area contributed by atoms with Gasteiger partial charge in [0.25, 0.3) is 20.0 Å². The minimum atomic E-state index is -3.99. The van der Waals surface area contributed by atoms with Crippen LogP contribution in [-0.2, 0) is 31.4 Å². The van der Waals surface area contributed by atoms with Crippen LogP contribution in [0.4, 0.5) is 5.69 Å². The lowest BCUT2D eigenvalue weighted by Gasteiger charge is -2.12. The highest BCUT2D eigenvalue weighted by atomic mass is 32.2. The predicted molar refractivity (Wildman–Crippen MR) is 119 cm³/mol. The van der Waals surface area contributed by atoms with Gasteiger partial charge >= 0.3 is 5.97 Å². The molecule has 0 saturated carbocycles. The highest BCUT2D eigenvalue weighted by molar-refractivity contribution is 7.92. The molecule has 0 radical (unpaired) electrons. The first-order valence-electron chi connectivity index (χ1n) is 9.49. The number of carbonyl (C=O) groups is 1. The van der Waals surface area contributed by atoms with Crippen LogP contribution in [0.2, 0.25) is 0 Å². The number of furan rings is 1. The van der Waals surface area contributed by atoms with Crippen LogP contribution in [-0.4, -0.2) is 48.3 Å². The molecule has 33 heavy (non-hydrogen) atoms. The Labute approximate surface area is 191 Å². The Bertz CT molecular complexity index is 1340. The Hall–Kier alpha value is -3.35. The van der Waals surface area contributed by atoms with Gasteiger partial charge in [-0.25, -0.2) is 25.9 Å². The van der Waals surface area contributed by atoms with Gasteiger partial charge in [-0.05, 0) is 48.5 Å². The van der Waals surface area contributed by atoms with E-state index >= 15 is 0 Å². The van der Waals surface area contributed by atoms with E-state index in [1.54, 1.807) is 12.1 Å². The molecule has 0 aliphatic heterocycles. The summed E-state index contributed by atoms with van der Waals surface area (Å²) in [5.41, 5.74) is -0.00378. The third kappa shape index (κ3) is 5.53. The van der Waals surface area contributed by atoms with Gasteiger partial charge in [-0.2, -0.15) is 0 Å². The zero-order valence-electron chi connectivity index (χ0n) is 18.0. The minimum Gasteiger partial charge on any atom is -0.497 e. The fourth-order valence-electron chi connectivity index (χ4n) is 2.68. The Balaban J connectivity index is 1.75. The number of nitrogens with zero attached hydrogens (tertiary/aromatic N) is 1. The summed E-state index contributed by atoms with van der Waals surface area (Å²) in [6, 6.07) is 14.3. The summed E-state index contributed by atoms with van der Waals surface area (Å²) < 4.78 is 68.5. The standard InChI is InChI=1S/C21H22N2O8S2/c1-23(2)33(27,28)20-13-10-16(31-20)14-30-21(24)18-6-4-5-7-19(18)22-32(25,26)17-11-8-15(29-3)9-12-17/h4-13,22H,14H2,1-3H3. The third-order valence-corrected chi connectivity index (χ3v) is 7.55. The maximum Gasteiger partial charge on any atom is 0.340 e. The number of nitrogens with one attached hydrogen (secondary N) is 1. The number of hydrogen-bond acceptors (Lipinski definition) is 8. The molecular weight excluding hydrogens is 472 g/mol. The monoisotopic (exact) mass is 494 g/mol. The maximum atomic E-state index is 12.7. The van der Waals surface area contributed by atoms with Gasteiger partial charge < -0.3 is 13.9 Å². The molecule has 0 amide bonds. The van der Waals surface area contributed by atoms with Crippen molar-refractivity contribution in [2.75, 3.05) is 25.9 Å². The van der Waals surface area contributed by atoms with Crippen LogP contribution in [0.5, 0.6) is 5.75 Å². The average Bonchev–Trinajstić information content (AvgIpc) is 3.27. The van der Waals surface area contributed by atoms with E-state index in [1.165, 1.54) is 69.7 Å². The summed E-state index contributed by atoms with van der Waals surface area (Å²) >= 11 is 0. The van der Waals surface area contributed by atoms with Crippen molar-refractivity contribution in [3.8, 4) is 5.75 Å². The van der Waals surface area contributed by atoms with Crippen LogP contribution in [0.1, 0.15) is 16.1 Å². The van der Waals surface area contributed by atoms with Gasteiger partial charge in [0.15, 0.2) is 0 Å². The molecule has 0 fully saturated rings. The van der Waals surface area contributed by atoms with Gasteiger partial charge in [0.05, 0.1) is 23.3 Å². The molecule has 1 aromatic heterocycles. The van der Waals surface area contributed by atoms with Crippen LogP contribution in [0, 0.1) is 0 Å². The zero-order valence-corrected chi connectivity index (χ0v) is 19.6. The second-order valence-corrected chi connectivity index (χ2v) is 10.7. The van der Waals surface area contributed by atoms with Crippen molar-refractivity contribution >= 4 is 31.7 Å². The minimum absolute atomic E-state index is 0.0170. The quantitative estimate of drug-likeness (QED) is 0.449. The van der Waals surface area contributed by atoms with Crippen LogP contribution >= 0.6 is 0 Å². The SMILES string of the molecule is COc1ccc(S(=O)(=O)Nc2ccccc2C(=O)OCc2ccc(S(=O)(=O)N(C)C)o2)cc1. The molecular formula is C21H22N2O8S2. The van der Waals surface area contributed by atoms with Crippen LogP contribution in [0.25, 0.3) is 0 Å². The van der Waals surface area contributed by atoms with Crippen molar-refractivity contribution < 1.29 is 35.5 Å². The van der Waals surface area contributed by atoms with Crippen molar-refractivity contribution in [2.45, 2.75) is 16.6 Å². The summed E-state index contributed by atoms with van der Waals surface area (Å²) in [5.74, 6) is -0.214. The lowest BCUT2D eigenvalue weighted by atomic mass is 10.2. The fourth-order valence-corrected chi connectivity index (χ4v) is 4.57. The van der Waals surface area contributed by atoms with Gasteiger partial charge in [0.1, 0.15) is 18.1 Å². The molecule has 1 N–H and O–H groups in total. The summed E-state index contributed by atoms with van der Waals surface area (Å²) in [7, 11) is -3.56. The Morgan fingerprint density at radius 3 is 2.27 bits per heavy atom. The second-order valence-electron chi connectivity index (χ2n) is 6.91. The van der Waals surface area contributed by atoms with E-state index in [0.717, 1.165) is 4.31 Å². The molecule has 0 atom stereocenters. The average molecular weight is 495 g/mol. The summed E-state index contributed by atoms with van der Waals surface area (Å²) in [6.45, 7) is -0.346. The molecule has 2 aromatic carbocycles. The van der Waals surface area contributed by atoms with Gasteiger partial charge in [-0.3, -0.25) is 4.72 Å². The fraction of sp³-hybridized carbons (Fsp3) is 0.190. The van der Waals surface area contributed by atoms with Crippen molar-refractivity contribution in [2.24, 2.45) is 0 Å². The second kappa shape index (κ2) is 9.65. The predicted octanol–water partition coefficient (Wildman–Crippen LogP) is 2.70. The first-order valence-corrected chi connectivity index (χ1v) is 12.4. The number of benzene rings is 2. The lowest BCUT2D eigenvalue weighted by Crippen LogP contribution is -2.21.